The first kappa shape index (κ1) is 22.5. The van der Waals surface area contributed by atoms with Crippen LogP contribution in [0.1, 0.15) is 10.4 Å². The summed E-state index contributed by atoms with van der Waals surface area (Å²) in [7, 11) is 0. The van der Waals surface area contributed by atoms with Crippen molar-refractivity contribution >= 4 is 23.0 Å². The molecule has 4 rings (SSSR count). The first-order valence-electron chi connectivity index (χ1n) is 9.81. The molecule has 0 radical (unpaired) electrons. The molecule has 0 bridgehead atoms. The van der Waals surface area contributed by atoms with Gasteiger partial charge in [0.05, 0.1) is 5.69 Å². The Balaban J connectivity index is 1.71. The van der Waals surface area contributed by atoms with Gasteiger partial charge in [-0.25, -0.2) is 4.98 Å². The average Bonchev–Trinajstić information content (AvgIpc) is 2.79. The third-order valence-corrected chi connectivity index (χ3v) is 4.76. The smallest absolute Gasteiger partial charge is 0.398 e. The number of hydrogen-bond donors (Lipinski definition) is 3. The zero-order chi connectivity index (χ0) is 24.3. The molecule has 4 aromatic rings. The van der Waals surface area contributed by atoms with E-state index in [2.05, 4.69) is 25.2 Å². The Labute approximate surface area is 191 Å². The number of anilines is 3. The highest BCUT2D eigenvalue weighted by atomic mass is 19.4. The van der Waals surface area contributed by atoms with Crippen LogP contribution < -0.4 is 21.5 Å². The standard InChI is InChI=1S/C23H17F3N6O2/c24-23(25,26)34-20-11-17(27)16(12-29-20)21-15(22(28)33)3-1-4-19(21)31-14-8-6-13(7-9-14)18-5-2-10-30-32-18/h1-12,31H,(H2,27,29)(H2,28,33). The van der Waals surface area contributed by atoms with Gasteiger partial charge in [-0.05, 0) is 36.4 Å². The number of benzene rings is 2. The lowest BCUT2D eigenvalue weighted by atomic mass is 9.97. The minimum Gasteiger partial charge on any atom is -0.398 e. The van der Waals surface area contributed by atoms with Gasteiger partial charge in [-0.15, -0.1) is 13.2 Å². The minimum atomic E-state index is -4.92. The van der Waals surface area contributed by atoms with E-state index in [-0.39, 0.29) is 22.4 Å². The quantitative estimate of drug-likeness (QED) is 0.381. The summed E-state index contributed by atoms with van der Waals surface area (Å²) in [6, 6.07) is 16.6. The van der Waals surface area contributed by atoms with Gasteiger partial charge in [-0.1, -0.05) is 18.2 Å². The van der Waals surface area contributed by atoms with E-state index in [0.717, 1.165) is 17.8 Å². The van der Waals surface area contributed by atoms with Crippen LogP contribution in [0.25, 0.3) is 22.4 Å². The summed E-state index contributed by atoms with van der Waals surface area (Å²) in [6.07, 6.45) is -2.24. The highest BCUT2D eigenvalue weighted by molar-refractivity contribution is 6.05. The van der Waals surface area contributed by atoms with Crippen molar-refractivity contribution in [1.82, 2.24) is 15.2 Å². The van der Waals surface area contributed by atoms with Gasteiger partial charge < -0.3 is 21.5 Å². The fraction of sp³-hybridized carbons (Fsp3) is 0.0435. The minimum absolute atomic E-state index is 0.0796. The number of hydrogen-bond acceptors (Lipinski definition) is 7. The van der Waals surface area contributed by atoms with E-state index in [9.17, 15) is 18.0 Å². The van der Waals surface area contributed by atoms with Gasteiger partial charge in [0.15, 0.2) is 0 Å². The van der Waals surface area contributed by atoms with E-state index in [1.807, 2.05) is 18.2 Å². The van der Waals surface area contributed by atoms with Crippen LogP contribution in [0.5, 0.6) is 5.88 Å². The number of alkyl halides is 3. The summed E-state index contributed by atoms with van der Waals surface area (Å²) in [4.78, 5) is 15.8. The fourth-order valence-corrected chi connectivity index (χ4v) is 3.32. The molecular weight excluding hydrogens is 449 g/mol. The second-order valence-corrected chi connectivity index (χ2v) is 7.06. The molecule has 0 unspecified atom stereocenters. The average molecular weight is 466 g/mol. The van der Waals surface area contributed by atoms with Crippen molar-refractivity contribution in [3.05, 3.63) is 78.6 Å². The molecular formula is C23H17F3N6O2. The monoisotopic (exact) mass is 466 g/mol. The number of nitrogens with one attached hydrogen (secondary N) is 1. The van der Waals surface area contributed by atoms with Crippen LogP contribution in [0, 0.1) is 0 Å². The summed E-state index contributed by atoms with van der Waals surface area (Å²) in [5.74, 6) is -1.47. The van der Waals surface area contributed by atoms with Crippen LogP contribution in [0.4, 0.5) is 30.2 Å². The first-order valence-corrected chi connectivity index (χ1v) is 9.81. The fourth-order valence-electron chi connectivity index (χ4n) is 3.32. The molecule has 0 aliphatic carbocycles. The van der Waals surface area contributed by atoms with Crippen molar-refractivity contribution in [3.8, 4) is 28.3 Å². The topological polar surface area (TPSA) is 129 Å². The molecule has 5 N–H and O–H groups in total. The van der Waals surface area contributed by atoms with Gasteiger partial charge in [0.25, 0.3) is 0 Å². The molecule has 0 atom stereocenters. The molecule has 0 saturated heterocycles. The lowest BCUT2D eigenvalue weighted by molar-refractivity contribution is -0.276. The number of carbonyl (C=O) groups is 1. The summed E-state index contributed by atoms with van der Waals surface area (Å²) in [5, 5.41) is 11.1. The number of carbonyl (C=O) groups excluding carboxylic acids is 1. The third kappa shape index (κ3) is 5.04. The molecule has 0 saturated carbocycles. The van der Waals surface area contributed by atoms with Crippen LogP contribution in [0.3, 0.4) is 0 Å². The molecule has 2 heterocycles. The Morgan fingerprint density at radius 2 is 1.79 bits per heavy atom. The van der Waals surface area contributed by atoms with Gasteiger partial charge in [0.2, 0.25) is 11.8 Å². The highest BCUT2D eigenvalue weighted by Crippen LogP contribution is 2.38. The predicted molar refractivity (Wildman–Crippen MR) is 120 cm³/mol. The number of aromatic nitrogens is 3. The Bertz CT molecular complexity index is 1330. The van der Waals surface area contributed by atoms with E-state index in [1.165, 1.54) is 6.07 Å². The Hall–Kier alpha value is -4.67. The Morgan fingerprint density at radius 3 is 2.41 bits per heavy atom. The second kappa shape index (κ2) is 9.06. The maximum Gasteiger partial charge on any atom is 0.574 e. The molecule has 0 aliphatic heterocycles. The van der Waals surface area contributed by atoms with E-state index >= 15 is 0 Å². The zero-order valence-corrected chi connectivity index (χ0v) is 17.4. The van der Waals surface area contributed by atoms with Crippen molar-refractivity contribution in [2.45, 2.75) is 6.36 Å². The number of nitrogens with zero attached hydrogens (tertiary/aromatic N) is 3. The number of ether oxygens (including phenoxy) is 1. The molecule has 1 amide bonds. The number of halogens is 3. The highest BCUT2D eigenvalue weighted by Gasteiger charge is 2.32. The van der Waals surface area contributed by atoms with Gasteiger partial charge in [0.1, 0.15) is 0 Å². The van der Waals surface area contributed by atoms with Crippen LogP contribution >= 0.6 is 0 Å². The maximum atomic E-state index is 12.5. The van der Waals surface area contributed by atoms with Gasteiger partial charge in [-0.3, -0.25) is 4.79 Å². The number of rotatable bonds is 6. The second-order valence-electron chi connectivity index (χ2n) is 7.06. The van der Waals surface area contributed by atoms with Crippen LogP contribution in [0.2, 0.25) is 0 Å². The van der Waals surface area contributed by atoms with Gasteiger partial charge in [0, 0.05) is 57.8 Å². The van der Waals surface area contributed by atoms with Crippen molar-refractivity contribution < 1.29 is 22.7 Å². The van der Waals surface area contributed by atoms with E-state index < -0.39 is 18.1 Å². The molecule has 2 aromatic carbocycles. The summed E-state index contributed by atoms with van der Waals surface area (Å²) >= 11 is 0. The van der Waals surface area contributed by atoms with E-state index in [4.69, 9.17) is 11.5 Å². The Morgan fingerprint density at radius 1 is 1.03 bits per heavy atom. The number of amides is 1. The zero-order valence-electron chi connectivity index (χ0n) is 17.4. The summed E-state index contributed by atoms with van der Waals surface area (Å²) in [6.45, 7) is 0. The van der Waals surface area contributed by atoms with Crippen molar-refractivity contribution in [2.24, 2.45) is 5.73 Å². The molecule has 0 spiro atoms. The largest absolute Gasteiger partial charge is 0.574 e. The van der Waals surface area contributed by atoms with Crippen LogP contribution in [-0.4, -0.2) is 27.5 Å². The normalized spacial score (nSPS) is 11.1. The van der Waals surface area contributed by atoms with E-state index in [1.54, 1.807) is 36.5 Å². The molecule has 172 valence electrons. The van der Waals surface area contributed by atoms with Crippen molar-refractivity contribution in [1.29, 1.82) is 0 Å². The molecule has 11 heteroatoms. The molecule has 0 aliphatic rings. The Kier molecular flexibility index (Phi) is 6.00. The molecule has 0 fully saturated rings. The SMILES string of the molecule is NC(=O)c1cccc(Nc2ccc(-c3cccnn3)cc2)c1-c1cnc(OC(F)(F)F)cc1N. The van der Waals surface area contributed by atoms with Gasteiger partial charge in [-0.2, -0.15) is 10.2 Å². The number of nitrogen functional groups attached to an aromatic ring is 1. The van der Waals surface area contributed by atoms with Crippen LogP contribution in [-0.2, 0) is 0 Å². The lowest BCUT2D eigenvalue weighted by Gasteiger charge is -2.17. The summed E-state index contributed by atoms with van der Waals surface area (Å²) in [5.41, 5.74) is 14.7. The number of pyridine rings is 1. The predicted octanol–water partition coefficient (Wildman–Crippen LogP) is 4.53. The summed E-state index contributed by atoms with van der Waals surface area (Å²) < 4.78 is 41.4. The van der Waals surface area contributed by atoms with Crippen molar-refractivity contribution in [3.63, 3.8) is 0 Å². The first-order chi connectivity index (χ1) is 16.2. The third-order valence-electron chi connectivity index (χ3n) is 4.76. The lowest BCUT2D eigenvalue weighted by Crippen LogP contribution is -2.18. The molecule has 2 aromatic heterocycles. The van der Waals surface area contributed by atoms with Crippen LogP contribution in [0.15, 0.2) is 73.1 Å². The molecule has 8 nitrogen and oxygen atoms in total. The molecule has 34 heavy (non-hydrogen) atoms. The number of primary amides is 1. The maximum absolute atomic E-state index is 12.5. The van der Waals surface area contributed by atoms with Gasteiger partial charge >= 0.3 is 6.36 Å². The van der Waals surface area contributed by atoms with E-state index in [0.29, 0.717) is 17.1 Å². The van der Waals surface area contributed by atoms with Crippen molar-refractivity contribution in [2.75, 3.05) is 11.1 Å². The number of nitrogens with two attached hydrogens (primary N) is 2.